The number of furan rings is 1. The summed E-state index contributed by atoms with van der Waals surface area (Å²) in [6.07, 6.45) is 1.32. The van der Waals surface area contributed by atoms with E-state index >= 15 is 0 Å². The Bertz CT molecular complexity index is 1010. The van der Waals surface area contributed by atoms with Gasteiger partial charge in [-0.1, -0.05) is 41.9 Å². The molecule has 0 aliphatic rings. The Hall–Kier alpha value is -3.10. The first kappa shape index (κ1) is 20.6. The molecular weight excluding hydrogens is 418 g/mol. The van der Waals surface area contributed by atoms with Crippen molar-refractivity contribution >= 4 is 45.8 Å². The van der Waals surface area contributed by atoms with Crippen molar-refractivity contribution in [1.29, 1.82) is 0 Å². The van der Waals surface area contributed by atoms with E-state index in [2.05, 4.69) is 5.32 Å². The summed E-state index contributed by atoms with van der Waals surface area (Å²) in [5.41, 5.74) is 1.33. The average molecular weight is 434 g/mol. The van der Waals surface area contributed by atoms with Crippen molar-refractivity contribution in [1.82, 2.24) is 0 Å². The fourth-order valence-electron chi connectivity index (χ4n) is 2.51. The van der Waals surface area contributed by atoms with Crippen molar-refractivity contribution < 1.29 is 28.3 Å². The summed E-state index contributed by atoms with van der Waals surface area (Å²) in [7, 11) is 0. The number of benzene rings is 1. The van der Waals surface area contributed by atoms with Crippen molar-refractivity contribution in [3.63, 3.8) is 0 Å². The van der Waals surface area contributed by atoms with Crippen LogP contribution in [-0.2, 0) is 14.3 Å². The predicted molar refractivity (Wildman–Crippen MR) is 108 cm³/mol. The molecule has 0 spiro atoms. The van der Waals surface area contributed by atoms with Crippen molar-refractivity contribution in [2.24, 2.45) is 0 Å². The second-order valence-corrected chi connectivity index (χ2v) is 7.27. The first-order valence-electron chi connectivity index (χ1n) is 8.56. The number of carbonyl (C=O) groups is 3. The number of amides is 1. The quantitative estimate of drug-likeness (QED) is 0.545. The monoisotopic (exact) mass is 433 g/mol. The number of hydrogen-bond donors (Lipinski definition) is 1. The maximum atomic E-state index is 12.6. The largest absolute Gasteiger partial charge is 0.462 e. The maximum Gasteiger partial charge on any atom is 0.374 e. The van der Waals surface area contributed by atoms with E-state index in [-0.39, 0.29) is 22.9 Å². The summed E-state index contributed by atoms with van der Waals surface area (Å²) in [5.74, 6) is -2.04. The highest BCUT2D eigenvalue weighted by Gasteiger charge is 2.26. The normalized spacial score (nSPS) is 10.4. The number of anilines is 1. The van der Waals surface area contributed by atoms with Gasteiger partial charge in [-0.2, -0.15) is 0 Å². The molecule has 0 unspecified atom stereocenters. The zero-order valence-corrected chi connectivity index (χ0v) is 16.8. The minimum Gasteiger partial charge on any atom is -0.462 e. The Balaban J connectivity index is 1.82. The van der Waals surface area contributed by atoms with E-state index in [0.29, 0.717) is 15.5 Å². The molecule has 3 aromatic rings. The molecule has 0 aliphatic heterocycles. The number of thiophene rings is 1. The van der Waals surface area contributed by atoms with E-state index in [1.54, 1.807) is 19.1 Å². The van der Waals surface area contributed by atoms with E-state index in [1.807, 2.05) is 18.2 Å². The molecule has 1 amide bonds. The van der Waals surface area contributed by atoms with Crippen LogP contribution in [0.2, 0.25) is 4.34 Å². The number of ether oxygens (including phenoxy) is 2. The van der Waals surface area contributed by atoms with E-state index < -0.39 is 24.5 Å². The minimum atomic E-state index is -0.773. The molecule has 0 radical (unpaired) electrons. The van der Waals surface area contributed by atoms with Crippen molar-refractivity contribution in [3.05, 3.63) is 64.4 Å². The van der Waals surface area contributed by atoms with Gasteiger partial charge in [0.1, 0.15) is 14.9 Å². The lowest BCUT2D eigenvalue weighted by Crippen LogP contribution is -2.21. The highest BCUT2D eigenvalue weighted by molar-refractivity contribution is 7.21. The van der Waals surface area contributed by atoms with Crippen LogP contribution in [0.5, 0.6) is 0 Å². The van der Waals surface area contributed by atoms with Crippen molar-refractivity contribution in [2.45, 2.75) is 6.92 Å². The number of esters is 2. The molecule has 29 heavy (non-hydrogen) atoms. The Labute approximate surface area is 175 Å². The Morgan fingerprint density at radius 2 is 1.83 bits per heavy atom. The first-order valence-corrected chi connectivity index (χ1v) is 9.76. The van der Waals surface area contributed by atoms with Gasteiger partial charge in [-0.15, -0.1) is 11.3 Å². The van der Waals surface area contributed by atoms with Crippen LogP contribution in [-0.4, -0.2) is 31.1 Å². The second kappa shape index (κ2) is 9.40. The molecule has 1 N–H and O–H groups in total. The minimum absolute atomic E-state index is 0.0180. The summed E-state index contributed by atoms with van der Waals surface area (Å²) in [4.78, 5) is 36.6. The van der Waals surface area contributed by atoms with Crippen LogP contribution < -0.4 is 5.32 Å². The lowest BCUT2D eigenvalue weighted by molar-refractivity contribution is -0.119. The molecule has 0 saturated carbocycles. The van der Waals surface area contributed by atoms with Gasteiger partial charge in [-0.25, -0.2) is 9.59 Å². The van der Waals surface area contributed by atoms with Gasteiger partial charge < -0.3 is 19.2 Å². The van der Waals surface area contributed by atoms with Gasteiger partial charge in [0, 0.05) is 5.56 Å². The molecule has 7 nitrogen and oxygen atoms in total. The fraction of sp³-hybridized carbons (Fsp3) is 0.150. The van der Waals surface area contributed by atoms with Gasteiger partial charge in [0.2, 0.25) is 5.76 Å². The summed E-state index contributed by atoms with van der Waals surface area (Å²) < 4.78 is 15.3. The van der Waals surface area contributed by atoms with Gasteiger partial charge in [0.15, 0.2) is 6.61 Å². The number of carbonyl (C=O) groups excluding carboxylic acids is 3. The Morgan fingerprint density at radius 3 is 2.48 bits per heavy atom. The molecule has 0 fully saturated rings. The highest BCUT2D eigenvalue weighted by Crippen LogP contribution is 2.43. The fourth-order valence-corrected chi connectivity index (χ4v) is 3.90. The molecular formula is C20H16ClNO6S. The lowest BCUT2D eigenvalue weighted by Gasteiger charge is -2.09. The summed E-state index contributed by atoms with van der Waals surface area (Å²) in [6.45, 7) is 1.28. The smallest absolute Gasteiger partial charge is 0.374 e. The molecule has 9 heteroatoms. The third-order valence-corrected chi connectivity index (χ3v) is 5.03. The van der Waals surface area contributed by atoms with Crippen molar-refractivity contribution in [2.75, 3.05) is 18.5 Å². The molecule has 0 bridgehead atoms. The molecule has 3 rings (SSSR count). The second-order valence-electron chi connectivity index (χ2n) is 5.64. The molecule has 0 aliphatic carbocycles. The standard InChI is InChI=1S/C20H16ClNO6S/c1-2-26-20(25)16-15(12-7-4-3-5-8-12)17(21)29-18(16)22-14(23)11-28-19(24)13-9-6-10-27-13/h3-10H,2,11H2,1H3,(H,22,23). The number of halogens is 1. The van der Waals surface area contributed by atoms with E-state index in [4.69, 9.17) is 25.5 Å². The van der Waals surface area contributed by atoms with Gasteiger partial charge in [0.05, 0.1) is 12.9 Å². The average Bonchev–Trinajstić information content (AvgIpc) is 3.35. The third kappa shape index (κ3) is 4.85. The van der Waals surface area contributed by atoms with Crippen LogP contribution in [0.3, 0.4) is 0 Å². The summed E-state index contributed by atoms with van der Waals surface area (Å²) in [6, 6.07) is 12.0. The van der Waals surface area contributed by atoms with Crippen LogP contribution in [0.4, 0.5) is 5.00 Å². The highest BCUT2D eigenvalue weighted by atomic mass is 35.5. The van der Waals surface area contributed by atoms with Gasteiger partial charge >= 0.3 is 11.9 Å². The lowest BCUT2D eigenvalue weighted by atomic mass is 10.0. The number of nitrogens with one attached hydrogen (secondary N) is 1. The third-order valence-electron chi connectivity index (χ3n) is 3.72. The molecule has 1 aromatic carbocycles. The van der Waals surface area contributed by atoms with E-state index in [9.17, 15) is 14.4 Å². The van der Waals surface area contributed by atoms with Crippen LogP contribution in [0.15, 0.2) is 53.1 Å². The molecule has 0 atom stereocenters. The van der Waals surface area contributed by atoms with E-state index in [0.717, 1.165) is 11.3 Å². The SMILES string of the molecule is CCOC(=O)c1c(NC(=O)COC(=O)c2ccco2)sc(Cl)c1-c1ccccc1. The zero-order valence-electron chi connectivity index (χ0n) is 15.3. The van der Waals surface area contributed by atoms with Crippen LogP contribution >= 0.6 is 22.9 Å². The topological polar surface area (TPSA) is 94.8 Å². The van der Waals surface area contributed by atoms with Crippen LogP contribution in [0, 0.1) is 0 Å². The number of hydrogen-bond acceptors (Lipinski definition) is 7. The molecule has 2 heterocycles. The summed E-state index contributed by atoms with van der Waals surface area (Å²) in [5, 5.41) is 2.78. The predicted octanol–water partition coefficient (Wildman–Crippen LogP) is 4.63. The molecule has 0 saturated heterocycles. The van der Waals surface area contributed by atoms with Crippen LogP contribution in [0.25, 0.3) is 11.1 Å². The van der Waals surface area contributed by atoms with Gasteiger partial charge in [0.25, 0.3) is 5.91 Å². The molecule has 2 aromatic heterocycles. The Kier molecular flexibility index (Phi) is 6.69. The van der Waals surface area contributed by atoms with E-state index in [1.165, 1.54) is 18.4 Å². The molecule has 150 valence electrons. The van der Waals surface area contributed by atoms with Crippen molar-refractivity contribution in [3.8, 4) is 11.1 Å². The van der Waals surface area contributed by atoms with Gasteiger partial charge in [-0.05, 0) is 24.6 Å². The zero-order chi connectivity index (χ0) is 20.8. The first-order chi connectivity index (χ1) is 14.0. The Morgan fingerprint density at radius 1 is 1.07 bits per heavy atom. The maximum absolute atomic E-state index is 12.6. The number of rotatable bonds is 7. The summed E-state index contributed by atoms with van der Waals surface area (Å²) >= 11 is 7.39. The van der Waals surface area contributed by atoms with Gasteiger partial charge in [-0.3, -0.25) is 4.79 Å². The van der Waals surface area contributed by atoms with Crippen LogP contribution in [0.1, 0.15) is 27.8 Å².